The fourth-order valence-corrected chi connectivity index (χ4v) is 1.73. The molecule has 0 fully saturated rings. The van der Waals surface area contributed by atoms with Crippen molar-refractivity contribution in [2.75, 3.05) is 0 Å². The number of aliphatic hydroxyl groups is 1. The highest BCUT2D eigenvalue weighted by Crippen LogP contribution is 2.49. The molecule has 0 aliphatic heterocycles. The van der Waals surface area contributed by atoms with Gasteiger partial charge in [0.15, 0.2) is 0 Å². The zero-order valence-electron chi connectivity index (χ0n) is 7.90. The first kappa shape index (κ1) is 15.2. The monoisotopic (exact) mass is 326 g/mol. The zero-order valence-corrected chi connectivity index (χ0v) is 10.9. The van der Waals surface area contributed by atoms with Crippen LogP contribution in [-0.2, 0) is 0 Å². The van der Waals surface area contributed by atoms with Crippen LogP contribution < -0.4 is 0 Å². The van der Waals surface area contributed by atoms with Crippen LogP contribution in [0, 0.1) is 0 Å². The number of alkyl halides is 5. The number of rotatable bonds is 2. The van der Waals surface area contributed by atoms with Gasteiger partial charge in [-0.25, -0.2) is 0 Å². The van der Waals surface area contributed by atoms with Gasteiger partial charge in [-0.2, -0.15) is 13.2 Å². The smallest absolute Gasteiger partial charge is 0.385 e. The van der Waals surface area contributed by atoms with Gasteiger partial charge in [0.05, 0.1) is 10.0 Å². The molecule has 1 nitrogen and oxygen atoms in total. The summed E-state index contributed by atoms with van der Waals surface area (Å²) < 4.78 is 34.1. The molecule has 1 aromatic carbocycles. The maximum absolute atomic E-state index is 12.5. The molecule has 0 heterocycles. The van der Waals surface area contributed by atoms with Gasteiger partial charge in [-0.05, 0) is 6.07 Å². The third kappa shape index (κ3) is 2.93. The number of hydrogen-bond acceptors (Lipinski definition) is 1. The van der Waals surface area contributed by atoms with Crippen LogP contribution in [0.3, 0.4) is 0 Å². The molecule has 0 bridgehead atoms. The summed E-state index contributed by atoms with van der Waals surface area (Å²) in [6.45, 7) is 0. The predicted molar refractivity (Wildman–Crippen MR) is 61.9 cm³/mol. The van der Waals surface area contributed by atoms with Crippen molar-refractivity contribution in [3.63, 3.8) is 0 Å². The molecule has 1 atom stereocenters. The Balaban J connectivity index is 3.22. The summed E-state index contributed by atoms with van der Waals surface area (Å²) in [7, 11) is 0. The highest BCUT2D eigenvalue weighted by molar-refractivity contribution is 6.49. The lowest BCUT2D eigenvalue weighted by Crippen LogP contribution is -2.40. The number of benzene rings is 1. The largest absolute Gasteiger partial charge is 0.424 e. The molecule has 96 valence electrons. The standard InChI is InChI=1S/C9H5Cl4F3O/c10-5-3-1-2-4(6(5)11)7(17)8(12,13)9(14,15)16/h1-3,7,17H. The van der Waals surface area contributed by atoms with Crippen molar-refractivity contribution in [3.05, 3.63) is 33.8 Å². The van der Waals surface area contributed by atoms with Gasteiger partial charge in [0, 0.05) is 5.56 Å². The Bertz CT molecular complexity index is 419. The van der Waals surface area contributed by atoms with Crippen LogP contribution >= 0.6 is 46.4 Å². The molecule has 0 saturated heterocycles. The minimum absolute atomic E-state index is 0.00507. The van der Waals surface area contributed by atoms with Crippen LogP contribution in [0.2, 0.25) is 10.0 Å². The normalized spacial score (nSPS) is 14.8. The molecule has 0 saturated carbocycles. The minimum atomic E-state index is -5.01. The molecular weight excluding hydrogens is 323 g/mol. The summed E-state index contributed by atoms with van der Waals surface area (Å²) in [5.41, 5.74) is -0.290. The first-order valence-corrected chi connectivity index (χ1v) is 5.66. The Labute approximate surface area is 115 Å². The van der Waals surface area contributed by atoms with Gasteiger partial charge in [0.2, 0.25) is 4.33 Å². The van der Waals surface area contributed by atoms with Crippen LogP contribution in [-0.4, -0.2) is 15.6 Å². The number of hydrogen-bond donors (Lipinski definition) is 1. The molecular formula is C9H5Cl4F3O. The van der Waals surface area contributed by atoms with Crippen molar-refractivity contribution < 1.29 is 18.3 Å². The highest BCUT2D eigenvalue weighted by atomic mass is 35.5. The highest BCUT2D eigenvalue weighted by Gasteiger charge is 2.58. The molecule has 0 aromatic heterocycles. The van der Waals surface area contributed by atoms with Gasteiger partial charge in [-0.3, -0.25) is 0 Å². The Morgan fingerprint density at radius 2 is 1.65 bits per heavy atom. The average molecular weight is 328 g/mol. The van der Waals surface area contributed by atoms with E-state index < -0.39 is 16.6 Å². The number of aliphatic hydroxyl groups excluding tert-OH is 1. The van der Waals surface area contributed by atoms with E-state index in [0.717, 1.165) is 6.07 Å². The van der Waals surface area contributed by atoms with E-state index in [9.17, 15) is 18.3 Å². The summed E-state index contributed by atoms with van der Waals surface area (Å²) in [6, 6.07) is 3.84. The molecule has 0 amide bonds. The molecule has 1 N–H and O–H groups in total. The van der Waals surface area contributed by atoms with Crippen LogP contribution in [0.15, 0.2) is 18.2 Å². The fraction of sp³-hybridized carbons (Fsp3) is 0.333. The first-order valence-electron chi connectivity index (χ1n) is 4.15. The quantitative estimate of drug-likeness (QED) is 0.776. The van der Waals surface area contributed by atoms with Gasteiger partial charge in [0.1, 0.15) is 6.10 Å². The van der Waals surface area contributed by atoms with Gasteiger partial charge < -0.3 is 5.11 Å². The van der Waals surface area contributed by atoms with Gasteiger partial charge in [-0.15, -0.1) is 0 Å². The lowest BCUT2D eigenvalue weighted by molar-refractivity contribution is -0.162. The Hall–Kier alpha value is 0.130. The van der Waals surface area contributed by atoms with Crippen LogP contribution in [0.5, 0.6) is 0 Å². The summed E-state index contributed by atoms with van der Waals surface area (Å²) >= 11 is 21.5. The summed E-state index contributed by atoms with van der Waals surface area (Å²) in [5.74, 6) is 0. The van der Waals surface area contributed by atoms with Crippen molar-refractivity contribution in [1.29, 1.82) is 0 Å². The van der Waals surface area contributed by atoms with E-state index in [2.05, 4.69) is 0 Å². The van der Waals surface area contributed by atoms with Gasteiger partial charge in [0.25, 0.3) is 0 Å². The maximum Gasteiger partial charge on any atom is 0.424 e. The molecule has 0 spiro atoms. The van der Waals surface area contributed by atoms with E-state index in [-0.39, 0.29) is 15.6 Å². The Kier molecular flexibility index (Phi) is 4.48. The predicted octanol–water partition coefficient (Wildman–Crippen LogP) is 4.76. The molecule has 0 radical (unpaired) electrons. The van der Waals surface area contributed by atoms with Crippen molar-refractivity contribution >= 4 is 46.4 Å². The molecule has 1 rings (SSSR count). The second-order valence-electron chi connectivity index (χ2n) is 3.17. The first-order chi connectivity index (χ1) is 7.59. The van der Waals surface area contributed by atoms with E-state index >= 15 is 0 Å². The maximum atomic E-state index is 12.5. The molecule has 1 unspecified atom stereocenters. The molecule has 17 heavy (non-hydrogen) atoms. The van der Waals surface area contributed by atoms with Crippen molar-refractivity contribution in [3.8, 4) is 0 Å². The summed E-state index contributed by atoms with van der Waals surface area (Å²) in [5, 5.41) is 9.33. The molecule has 0 aliphatic carbocycles. The SMILES string of the molecule is OC(c1cccc(Cl)c1Cl)C(Cl)(Cl)C(F)(F)F. The third-order valence-electron chi connectivity index (χ3n) is 2.00. The van der Waals surface area contributed by atoms with E-state index in [1.165, 1.54) is 12.1 Å². The third-order valence-corrected chi connectivity index (χ3v) is 3.67. The summed E-state index contributed by atoms with van der Waals surface area (Å²) in [4.78, 5) is 0. The van der Waals surface area contributed by atoms with Gasteiger partial charge in [-0.1, -0.05) is 58.5 Å². The van der Waals surface area contributed by atoms with Crippen molar-refractivity contribution in [1.82, 2.24) is 0 Å². The second kappa shape index (κ2) is 5.02. The Morgan fingerprint density at radius 1 is 1.12 bits per heavy atom. The fourth-order valence-electron chi connectivity index (χ4n) is 1.08. The second-order valence-corrected chi connectivity index (χ2v) is 5.34. The lowest BCUT2D eigenvalue weighted by Gasteiger charge is -2.28. The Morgan fingerprint density at radius 3 is 2.12 bits per heavy atom. The molecule has 1 aromatic rings. The van der Waals surface area contributed by atoms with Crippen LogP contribution in [0.1, 0.15) is 11.7 Å². The minimum Gasteiger partial charge on any atom is -0.385 e. The number of halogens is 7. The van der Waals surface area contributed by atoms with Crippen molar-refractivity contribution in [2.24, 2.45) is 0 Å². The van der Waals surface area contributed by atoms with E-state index in [1.807, 2.05) is 0 Å². The summed E-state index contributed by atoms with van der Waals surface area (Å²) in [6.07, 6.45) is -7.25. The molecule has 0 aliphatic rings. The lowest BCUT2D eigenvalue weighted by atomic mass is 10.1. The van der Waals surface area contributed by atoms with Crippen LogP contribution in [0.25, 0.3) is 0 Å². The topological polar surface area (TPSA) is 20.2 Å². The average Bonchev–Trinajstić information content (AvgIpc) is 2.19. The van der Waals surface area contributed by atoms with Crippen LogP contribution in [0.4, 0.5) is 13.2 Å². The molecule has 8 heteroatoms. The van der Waals surface area contributed by atoms with Gasteiger partial charge >= 0.3 is 6.18 Å². The van der Waals surface area contributed by atoms with E-state index in [4.69, 9.17) is 46.4 Å². The zero-order chi connectivity index (χ0) is 13.4. The van der Waals surface area contributed by atoms with E-state index in [0.29, 0.717) is 0 Å². The van der Waals surface area contributed by atoms with E-state index in [1.54, 1.807) is 0 Å². The van der Waals surface area contributed by atoms with Crippen molar-refractivity contribution in [2.45, 2.75) is 16.6 Å².